The fourth-order valence-corrected chi connectivity index (χ4v) is 2.29. The number of hydrogen-bond acceptors (Lipinski definition) is 5. The first kappa shape index (κ1) is 11.7. The zero-order valence-corrected chi connectivity index (χ0v) is 9.44. The Balaban J connectivity index is 2.20. The minimum absolute atomic E-state index is 0.239. The van der Waals surface area contributed by atoms with Crippen LogP contribution in [0.15, 0.2) is 5.11 Å². The predicted molar refractivity (Wildman–Crippen MR) is 56.4 cm³/mol. The number of rotatable bonds is 2. The molecule has 0 aromatic carbocycles. The van der Waals surface area contributed by atoms with Gasteiger partial charge >= 0.3 is 5.97 Å². The summed E-state index contributed by atoms with van der Waals surface area (Å²) >= 11 is 0. The molecule has 2 atom stereocenters. The number of ether oxygens (including phenoxy) is 1. The summed E-state index contributed by atoms with van der Waals surface area (Å²) < 4.78 is 4.71. The first-order chi connectivity index (χ1) is 8.19. The minimum Gasteiger partial charge on any atom is -0.468 e. The minimum atomic E-state index is -0.731. The van der Waals surface area contributed by atoms with E-state index in [1.54, 1.807) is 5.01 Å². The number of nitrogens with zero attached hydrogens (tertiary/aromatic N) is 5. The molecule has 0 radical (unpaired) electrons. The normalized spacial score (nSPS) is 28.5. The smallest absolute Gasteiger partial charge is 0.324 e. The molecule has 1 amide bonds. The summed E-state index contributed by atoms with van der Waals surface area (Å²) in [4.78, 5) is 26.1. The number of hydrogen-bond donors (Lipinski definition) is 0. The van der Waals surface area contributed by atoms with Gasteiger partial charge in [0, 0.05) is 18.0 Å². The summed E-state index contributed by atoms with van der Waals surface area (Å²) in [6.45, 7) is 0.812. The van der Waals surface area contributed by atoms with Gasteiger partial charge in [0.25, 0.3) is 0 Å². The van der Waals surface area contributed by atoms with Crippen molar-refractivity contribution in [1.82, 2.24) is 10.0 Å². The van der Waals surface area contributed by atoms with E-state index < -0.39 is 12.1 Å². The van der Waals surface area contributed by atoms with Gasteiger partial charge in [-0.15, -0.1) is 0 Å². The molecule has 0 saturated carbocycles. The van der Waals surface area contributed by atoms with Gasteiger partial charge in [-0.3, -0.25) is 14.6 Å². The molecule has 0 aromatic heterocycles. The zero-order valence-electron chi connectivity index (χ0n) is 9.44. The average molecular weight is 239 g/mol. The Bertz CT molecular complexity index is 392. The number of fused-ring (bicyclic) bond motifs is 1. The Kier molecular flexibility index (Phi) is 3.16. The van der Waals surface area contributed by atoms with E-state index in [0.717, 1.165) is 6.42 Å². The van der Waals surface area contributed by atoms with E-state index in [0.29, 0.717) is 13.0 Å². The van der Waals surface area contributed by atoms with Gasteiger partial charge in [-0.2, -0.15) is 0 Å². The van der Waals surface area contributed by atoms with Gasteiger partial charge in [-0.1, -0.05) is 5.11 Å². The van der Waals surface area contributed by atoms with Crippen LogP contribution in [0.5, 0.6) is 0 Å². The van der Waals surface area contributed by atoms with Crippen molar-refractivity contribution in [3.63, 3.8) is 0 Å². The Morgan fingerprint density at radius 2 is 2.41 bits per heavy atom. The third-order valence-electron chi connectivity index (χ3n) is 3.08. The van der Waals surface area contributed by atoms with Gasteiger partial charge in [0.2, 0.25) is 5.91 Å². The van der Waals surface area contributed by atoms with Crippen LogP contribution in [-0.4, -0.2) is 54.2 Å². The predicted octanol–water partition coefficient (Wildman–Crippen LogP) is 0.0599. The van der Waals surface area contributed by atoms with E-state index >= 15 is 0 Å². The Morgan fingerprint density at radius 1 is 1.65 bits per heavy atom. The van der Waals surface area contributed by atoms with E-state index in [-0.39, 0.29) is 18.4 Å². The van der Waals surface area contributed by atoms with Crippen LogP contribution in [0.25, 0.3) is 10.4 Å². The highest BCUT2D eigenvalue weighted by Gasteiger charge is 2.45. The second kappa shape index (κ2) is 4.60. The highest BCUT2D eigenvalue weighted by atomic mass is 16.5. The maximum atomic E-state index is 11.9. The number of carbonyl (C=O) groups is 2. The van der Waals surface area contributed by atoms with Crippen molar-refractivity contribution in [1.29, 1.82) is 0 Å². The van der Waals surface area contributed by atoms with Crippen LogP contribution in [-0.2, 0) is 14.3 Å². The molecular formula is C9H13N5O3. The van der Waals surface area contributed by atoms with E-state index in [4.69, 9.17) is 10.3 Å². The van der Waals surface area contributed by atoms with Crippen LogP contribution >= 0.6 is 0 Å². The number of azide groups is 1. The SMILES string of the molecule is COC(=O)C1CCCN2C(=O)C(N=[N+]=[N-])CN12. The second-order valence-corrected chi connectivity index (χ2v) is 3.99. The maximum absolute atomic E-state index is 11.9. The molecule has 0 aromatic rings. The molecule has 0 spiro atoms. The number of hydrazine groups is 1. The highest BCUT2D eigenvalue weighted by molar-refractivity contribution is 5.85. The summed E-state index contributed by atoms with van der Waals surface area (Å²) in [6, 6.07) is -1.18. The van der Waals surface area contributed by atoms with Crippen LogP contribution < -0.4 is 0 Å². The lowest BCUT2D eigenvalue weighted by Gasteiger charge is -2.37. The van der Waals surface area contributed by atoms with Crippen LogP contribution in [0.2, 0.25) is 0 Å². The summed E-state index contributed by atoms with van der Waals surface area (Å²) in [5.41, 5.74) is 8.38. The van der Waals surface area contributed by atoms with Crippen LogP contribution in [0, 0.1) is 0 Å². The lowest BCUT2D eigenvalue weighted by molar-refractivity contribution is -0.163. The van der Waals surface area contributed by atoms with E-state index in [1.165, 1.54) is 12.1 Å². The van der Waals surface area contributed by atoms with Gasteiger partial charge in [-0.05, 0) is 18.4 Å². The molecule has 2 rings (SSSR count). The van der Waals surface area contributed by atoms with Gasteiger partial charge in [0.15, 0.2) is 0 Å². The number of esters is 1. The number of carbonyl (C=O) groups excluding carboxylic acids is 2. The monoisotopic (exact) mass is 239 g/mol. The molecule has 8 heteroatoms. The summed E-state index contributed by atoms with van der Waals surface area (Å²) in [6.07, 6.45) is 1.39. The molecule has 2 aliphatic heterocycles. The topological polar surface area (TPSA) is 98.6 Å². The molecule has 17 heavy (non-hydrogen) atoms. The van der Waals surface area contributed by atoms with Crippen molar-refractivity contribution in [2.45, 2.75) is 24.9 Å². The molecular weight excluding hydrogens is 226 g/mol. The summed E-state index contributed by atoms with van der Waals surface area (Å²) in [5.74, 6) is -0.597. The van der Waals surface area contributed by atoms with E-state index in [1.807, 2.05) is 0 Å². The Morgan fingerprint density at radius 3 is 3.06 bits per heavy atom. The van der Waals surface area contributed by atoms with Crippen molar-refractivity contribution in [3.8, 4) is 0 Å². The maximum Gasteiger partial charge on any atom is 0.324 e. The van der Waals surface area contributed by atoms with Crippen molar-refractivity contribution >= 4 is 11.9 Å². The third kappa shape index (κ3) is 1.92. The molecule has 92 valence electrons. The lowest BCUT2D eigenvalue weighted by Crippen LogP contribution is -2.53. The number of amides is 1. The van der Waals surface area contributed by atoms with Crippen LogP contribution in [0.1, 0.15) is 12.8 Å². The molecule has 2 aliphatic rings. The van der Waals surface area contributed by atoms with Crippen molar-refractivity contribution in [2.24, 2.45) is 5.11 Å². The number of methoxy groups -OCH3 is 1. The fourth-order valence-electron chi connectivity index (χ4n) is 2.29. The first-order valence-corrected chi connectivity index (χ1v) is 5.39. The van der Waals surface area contributed by atoms with Crippen LogP contribution in [0.3, 0.4) is 0 Å². The zero-order chi connectivity index (χ0) is 12.4. The van der Waals surface area contributed by atoms with Crippen LogP contribution in [0.4, 0.5) is 0 Å². The van der Waals surface area contributed by atoms with Gasteiger partial charge in [0.05, 0.1) is 7.11 Å². The summed E-state index contributed by atoms with van der Waals surface area (Å²) in [7, 11) is 1.32. The Hall–Kier alpha value is -1.79. The highest BCUT2D eigenvalue weighted by Crippen LogP contribution is 2.26. The molecule has 0 bridgehead atoms. The molecule has 8 nitrogen and oxygen atoms in total. The van der Waals surface area contributed by atoms with Gasteiger partial charge < -0.3 is 4.74 Å². The van der Waals surface area contributed by atoms with Crippen molar-refractivity contribution in [3.05, 3.63) is 10.4 Å². The molecule has 0 N–H and O–H groups in total. The van der Waals surface area contributed by atoms with Crippen molar-refractivity contribution in [2.75, 3.05) is 20.2 Å². The van der Waals surface area contributed by atoms with Gasteiger partial charge in [-0.25, -0.2) is 5.01 Å². The van der Waals surface area contributed by atoms with E-state index in [9.17, 15) is 9.59 Å². The van der Waals surface area contributed by atoms with Crippen molar-refractivity contribution < 1.29 is 14.3 Å². The third-order valence-corrected chi connectivity index (χ3v) is 3.08. The van der Waals surface area contributed by atoms with E-state index in [2.05, 4.69) is 10.0 Å². The fraction of sp³-hybridized carbons (Fsp3) is 0.778. The second-order valence-electron chi connectivity index (χ2n) is 3.99. The molecule has 2 fully saturated rings. The lowest BCUT2D eigenvalue weighted by atomic mass is 10.1. The molecule has 2 heterocycles. The van der Waals surface area contributed by atoms with Gasteiger partial charge in [0.1, 0.15) is 12.1 Å². The molecule has 0 aliphatic carbocycles. The molecule has 2 saturated heterocycles. The summed E-state index contributed by atoms with van der Waals surface area (Å²) in [5, 5.41) is 6.58. The quantitative estimate of drug-likeness (QED) is 0.294. The molecule has 2 unspecified atom stereocenters. The average Bonchev–Trinajstić information content (AvgIpc) is 2.66. The largest absolute Gasteiger partial charge is 0.468 e. The Labute approximate surface area is 97.7 Å². The standard InChI is InChI=1S/C9H13N5O3/c1-17-9(16)7-3-2-4-13-8(15)6(11-12-10)5-14(7)13/h6-7H,2-5H2,1H3. The first-order valence-electron chi connectivity index (χ1n) is 5.39.